The summed E-state index contributed by atoms with van der Waals surface area (Å²) >= 11 is 0. The number of carbonyl (C=O) groups excluding carboxylic acids is 1. The number of non-ortho nitro benzene ring substituents is 1. The predicted molar refractivity (Wildman–Crippen MR) is 88.2 cm³/mol. The van der Waals surface area contributed by atoms with Gasteiger partial charge in [-0.2, -0.15) is 5.10 Å². The first kappa shape index (κ1) is 16.4. The van der Waals surface area contributed by atoms with Crippen molar-refractivity contribution in [2.45, 2.75) is 19.8 Å². The van der Waals surface area contributed by atoms with Crippen molar-refractivity contribution >= 4 is 17.3 Å². The molecule has 1 amide bonds. The molecule has 0 atom stereocenters. The van der Waals surface area contributed by atoms with Gasteiger partial charge in [0.05, 0.1) is 10.6 Å². The fourth-order valence-corrected chi connectivity index (χ4v) is 1.99. The van der Waals surface area contributed by atoms with Gasteiger partial charge in [-0.05, 0) is 36.6 Å². The first-order chi connectivity index (χ1) is 11.1. The normalized spacial score (nSPS) is 11.1. The van der Waals surface area contributed by atoms with Crippen molar-refractivity contribution < 1.29 is 9.72 Å². The maximum Gasteiger partial charge on any atom is 0.269 e. The fraction of sp³-hybridized carbons (Fsp3) is 0.176. The minimum atomic E-state index is -0.457. The smallest absolute Gasteiger partial charge is 0.269 e. The van der Waals surface area contributed by atoms with Crippen LogP contribution in [0.1, 0.15) is 24.5 Å². The number of nitrogens with zero attached hydrogens (tertiary/aromatic N) is 2. The summed E-state index contributed by atoms with van der Waals surface area (Å²) in [5.74, 6) is -0.171. The lowest BCUT2D eigenvalue weighted by Gasteiger charge is -2.03. The molecule has 0 aliphatic rings. The van der Waals surface area contributed by atoms with Crippen LogP contribution >= 0.6 is 0 Å². The van der Waals surface area contributed by atoms with E-state index in [0.717, 1.165) is 11.1 Å². The van der Waals surface area contributed by atoms with Gasteiger partial charge in [0, 0.05) is 18.6 Å². The number of amides is 1. The van der Waals surface area contributed by atoms with E-state index in [1.54, 1.807) is 19.1 Å². The van der Waals surface area contributed by atoms with Gasteiger partial charge in [-0.1, -0.05) is 30.3 Å². The Labute approximate surface area is 134 Å². The number of hydrogen-bond acceptors (Lipinski definition) is 4. The average molecular weight is 311 g/mol. The lowest BCUT2D eigenvalue weighted by atomic mass is 10.1. The highest BCUT2D eigenvalue weighted by atomic mass is 16.6. The van der Waals surface area contributed by atoms with Crippen LogP contribution < -0.4 is 5.43 Å². The number of nitro groups is 1. The van der Waals surface area contributed by atoms with E-state index < -0.39 is 4.92 Å². The average Bonchev–Trinajstić information content (AvgIpc) is 2.58. The quantitative estimate of drug-likeness (QED) is 0.505. The van der Waals surface area contributed by atoms with Gasteiger partial charge in [0.1, 0.15) is 0 Å². The van der Waals surface area contributed by atoms with Crippen LogP contribution in [-0.4, -0.2) is 16.5 Å². The number of nitrogens with one attached hydrogen (secondary N) is 1. The summed E-state index contributed by atoms with van der Waals surface area (Å²) in [5, 5.41) is 14.6. The third kappa shape index (κ3) is 5.03. The Morgan fingerprint density at radius 2 is 1.78 bits per heavy atom. The third-order valence-electron chi connectivity index (χ3n) is 3.33. The molecule has 2 aromatic rings. The molecular weight excluding hydrogens is 294 g/mol. The van der Waals surface area contributed by atoms with Crippen molar-refractivity contribution in [2.75, 3.05) is 0 Å². The highest BCUT2D eigenvalue weighted by molar-refractivity contribution is 5.99. The molecule has 23 heavy (non-hydrogen) atoms. The Kier molecular flexibility index (Phi) is 5.57. The number of nitro benzene ring substituents is 1. The molecule has 0 heterocycles. The third-order valence-corrected chi connectivity index (χ3v) is 3.33. The SMILES string of the molecule is CC(=NNC(=O)CCc1ccccc1)c1ccc([N+](=O)[O-])cc1. The van der Waals surface area contributed by atoms with Crippen LogP contribution in [0.2, 0.25) is 0 Å². The number of benzene rings is 2. The Morgan fingerprint density at radius 3 is 2.39 bits per heavy atom. The van der Waals surface area contributed by atoms with Crippen LogP contribution in [0.15, 0.2) is 59.7 Å². The first-order valence-corrected chi connectivity index (χ1v) is 7.18. The second-order valence-corrected chi connectivity index (χ2v) is 5.02. The molecule has 118 valence electrons. The van der Waals surface area contributed by atoms with Crippen molar-refractivity contribution in [3.8, 4) is 0 Å². The molecule has 0 unspecified atom stereocenters. The van der Waals surface area contributed by atoms with E-state index in [-0.39, 0.29) is 11.6 Å². The molecule has 0 fully saturated rings. The van der Waals surface area contributed by atoms with Gasteiger partial charge in [0.2, 0.25) is 5.91 Å². The molecule has 2 rings (SSSR count). The molecule has 0 aliphatic heterocycles. The fourth-order valence-electron chi connectivity index (χ4n) is 1.99. The van der Waals surface area contributed by atoms with Crippen molar-refractivity contribution in [3.05, 3.63) is 75.8 Å². The predicted octanol–water partition coefficient (Wildman–Crippen LogP) is 3.07. The molecule has 0 radical (unpaired) electrons. The topological polar surface area (TPSA) is 84.6 Å². The van der Waals surface area contributed by atoms with Crippen LogP contribution in [-0.2, 0) is 11.2 Å². The number of aryl methyl sites for hydroxylation is 1. The summed E-state index contributed by atoms with van der Waals surface area (Å²) in [5.41, 5.74) is 4.93. The summed E-state index contributed by atoms with van der Waals surface area (Å²) in [7, 11) is 0. The number of carbonyl (C=O) groups is 1. The lowest BCUT2D eigenvalue weighted by molar-refractivity contribution is -0.384. The lowest BCUT2D eigenvalue weighted by Crippen LogP contribution is -2.19. The summed E-state index contributed by atoms with van der Waals surface area (Å²) in [6, 6.07) is 15.8. The first-order valence-electron chi connectivity index (χ1n) is 7.18. The van der Waals surface area contributed by atoms with Gasteiger partial charge in [-0.25, -0.2) is 5.43 Å². The van der Waals surface area contributed by atoms with Gasteiger partial charge >= 0.3 is 0 Å². The largest absolute Gasteiger partial charge is 0.273 e. The molecule has 0 aliphatic carbocycles. The minimum Gasteiger partial charge on any atom is -0.273 e. The van der Waals surface area contributed by atoms with Gasteiger partial charge < -0.3 is 0 Å². The Hall–Kier alpha value is -3.02. The highest BCUT2D eigenvalue weighted by Crippen LogP contribution is 2.12. The molecule has 6 heteroatoms. The summed E-state index contributed by atoms with van der Waals surface area (Å²) in [6.07, 6.45) is 1.000. The van der Waals surface area contributed by atoms with Crippen LogP contribution in [0.3, 0.4) is 0 Å². The molecule has 0 bridgehead atoms. The van der Waals surface area contributed by atoms with Crippen LogP contribution in [0.5, 0.6) is 0 Å². The highest BCUT2D eigenvalue weighted by Gasteiger charge is 2.06. The molecule has 0 saturated carbocycles. The Bertz CT molecular complexity index is 710. The maximum absolute atomic E-state index is 11.8. The van der Waals surface area contributed by atoms with Crippen LogP contribution in [0.25, 0.3) is 0 Å². The standard InChI is InChI=1S/C17H17N3O3/c1-13(15-8-10-16(11-9-15)20(22)23)18-19-17(21)12-7-14-5-3-2-4-6-14/h2-6,8-11H,7,12H2,1H3,(H,19,21). The van der Waals surface area contributed by atoms with Crippen molar-refractivity contribution in [3.63, 3.8) is 0 Å². The zero-order valence-electron chi connectivity index (χ0n) is 12.7. The van der Waals surface area contributed by atoms with Crippen molar-refractivity contribution in [2.24, 2.45) is 5.10 Å². The second kappa shape index (κ2) is 7.84. The maximum atomic E-state index is 11.8. The molecule has 2 aromatic carbocycles. The molecule has 0 aromatic heterocycles. The van der Waals surface area contributed by atoms with E-state index >= 15 is 0 Å². The van der Waals surface area contributed by atoms with Gasteiger partial charge in [-0.3, -0.25) is 14.9 Å². The zero-order valence-corrected chi connectivity index (χ0v) is 12.7. The van der Waals surface area contributed by atoms with Crippen LogP contribution in [0.4, 0.5) is 5.69 Å². The molecule has 0 spiro atoms. The van der Waals surface area contributed by atoms with Crippen molar-refractivity contribution in [1.29, 1.82) is 0 Å². The zero-order chi connectivity index (χ0) is 16.7. The van der Waals surface area contributed by atoms with Crippen LogP contribution in [0, 0.1) is 10.1 Å². The monoisotopic (exact) mass is 311 g/mol. The van der Waals surface area contributed by atoms with Gasteiger partial charge in [0.25, 0.3) is 5.69 Å². The molecule has 0 saturated heterocycles. The molecule has 6 nitrogen and oxygen atoms in total. The van der Waals surface area contributed by atoms with E-state index in [2.05, 4.69) is 10.5 Å². The van der Waals surface area contributed by atoms with E-state index in [0.29, 0.717) is 18.6 Å². The van der Waals surface area contributed by atoms with Crippen molar-refractivity contribution in [1.82, 2.24) is 5.43 Å². The number of hydrazone groups is 1. The molecule has 1 N–H and O–H groups in total. The summed E-state index contributed by atoms with van der Waals surface area (Å²) in [6.45, 7) is 1.73. The second-order valence-electron chi connectivity index (χ2n) is 5.02. The molecular formula is C17H17N3O3. The van der Waals surface area contributed by atoms with Gasteiger partial charge in [-0.15, -0.1) is 0 Å². The van der Waals surface area contributed by atoms with E-state index in [1.807, 2.05) is 30.3 Å². The Balaban J connectivity index is 1.88. The minimum absolute atomic E-state index is 0.0217. The number of rotatable bonds is 6. The summed E-state index contributed by atoms with van der Waals surface area (Å²) in [4.78, 5) is 21.9. The summed E-state index contributed by atoms with van der Waals surface area (Å²) < 4.78 is 0. The number of hydrogen-bond donors (Lipinski definition) is 1. The van der Waals surface area contributed by atoms with E-state index in [4.69, 9.17) is 0 Å². The van der Waals surface area contributed by atoms with E-state index in [1.165, 1.54) is 12.1 Å². The van der Waals surface area contributed by atoms with Gasteiger partial charge in [0.15, 0.2) is 0 Å². The Morgan fingerprint density at radius 1 is 1.13 bits per heavy atom. The van der Waals surface area contributed by atoms with E-state index in [9.17, 15) is 14.9 Å².